The molecule has 1 aromatic carbocycles. The number of anilines is 1. The first-order chi connectivity index (χ1) is 9.91. The predicted octanol–water partition coefficient (Wildman–Crippen LogP) is 3.03. The van der Waals surface area contributed by atoms with Gasteiger partial charge in [0.25, 0.3) is 0 Å². The summed E-state index contributed by atoms with van der Waals surface area (Å²) in [5.74, 6) is -0.134. The third-order valence-corrected chi connectivity index (χ3v) is 5.06. The first-order valence-electron chi connectivity index (χ1n) is 7.75. The molecular weight excluding hydrogens is 265 g/mol. The average molecular weight is 293 g/mol. The second-order valence-electron chi connectivity index (χ2n) is 6.52. The van der Waals surface area contributed by atoms with Crippen LogP contribution in [0.4, 0.5) is 10.1 Å². The average Bonchev–Trinajstić information content (AvgIpc) is 2.40. The van der Waals surface area contributed by atoms with Crippen molar-refractivity contribution in [3.8, 4) is 0 Å². The van der Waals surface area contributed by atoms with E-state index in [9.17, 15) is 4.39 Å². The van der Waals surface area contributed by atoms with E-state index in [0.29, 0.717) is 0 Å². The molecular formula is C17H28FN3. The van der Waals surface area contributed by atoms with E-state index in [-0.39, 0.29) is 17.4 Å². The fourth-order valence-electron chi connectivity index (χ4n) is 3.29. The molecule has 1 unspecified atom stereocenters. The zero-order valence-corrected chi connectivity index (χ0v) is 13.9. The minimum absolute atomic E-state index is 0.134. The minimum atomic E-state index is -0.134. The molecule has 2 rings (SSSR count). The topological polar surface area (TPSA) is 18.5 Å². The summed E-state index contributed by atoms with van der Waals surface area (Å²) in [4.78, 5) is 4.40. The zero-order valence-electron chi connectivity index (χ0n) is 13.9. The summed E-state index contributed by atoms with van der Waals surface area (Å²) in [5.41, 5.74) is 1.94. The summed E-state index contributed by atoms with van der Waals surface area (Å²) < 4.78 is 14.4. The molecule has 1 saturated carbocycles. The highest BCUT2D eigenvalue weighted by atomic mass is 19.1. The number of likely N-dealkylation sites (N-methyl/N-ethyl adjacent to an activating group) is 2. The molecule has 0 saturated heterocycles. The van der Waals surface area contributed by atoms with Crippen LogP contribution in [0.3, 0.4) is 0 Å². The second kappa shape index (κ2) is 6.32. The van der Waals surface area contributed by atoms with Gasteiger partial charge in [-0.2, -0.15) is 0 Å². The van der Waals surface area contributed by atoms with Crippen LogP contribution in [0.5, 0.6) is 0 Å². The summed E-state index contributed by atoms with van der Waals surface area (Å²) in [6.07, 6.45) is 3.65. The number of hydrogen-bond acceptors (Lipinski definition) is 3. The van der Waals surface area contributed by atoms with Crippen molar-refractivity contribution < 1.29 is 4.39 Å². The van der Waals surface area contributed by atoms with Gasteiger partial charge < -0.3 is 15.1 Å². The predicted molar refractivity (Wildman–Crippen MR) is 87.4 cm³/mol. The number of nitrogens with zero attached hydrogens (tertiary/aromatic N) is 2. The quantitative estimate of drug-likeness (QED) is 0.870. The van der Waals surface area contributed by atoms with E-state index in [1.165, 1.54) is 19.3 Å². The van der Waals surface area contributed by atoms with Crippen molar-refractivity contribution in [3.63, 3.8) is 0 Å². The Morgan fingerprint density at radius 2 is 1.95 bits per heavy atom. The number of nitrogens with one attached hydrogen (secondary N) is 1. The van der Waals surface area contributed by atoms with Gasteiger partial charge in [-0.25, -0.2) is 4.39 Å². The molecule has 1 aromatic rings. The maximum atomic E-state index is 14.4. The maximum Gasteiger partial charge on any atom is 0.146 e. The fourth-order valence-corrected chi connectivity index (χ4v) is 3.29. The highest BCUT2D eigenvalue weighted by molar-refractivity contribution is 5.56. The molecule has 0 radical (unpaired) electrons. The zero-order chi connectivity index (χ0) is 15.6. The number of para-hydroxylation sites is 1. The van der Waals surface area contributed by atoms with Gasteiger partial charge in [0.05, 0.1) is 5.69 Å². The molecule has 0 spiro atoms. The summed E-state index contributed by atoms with van der Waals surface area (Å²) in [6, 6.07) is 5.50. The van der Waals surface area contributed by atoms with Crippen molar-refractivity contribution in [1.82, 2.24) is 10.2 Å². The van der Waals surface area contributed by atoms with Crippen molar-refractivity contribution in [2.24, 2.45) is 0 Å². The van der Waals surface area contributed by atoms with Crippen LogP contribution < -0.4 is 10.2 Å². The summed E-state index contributed by atoms with van der Waals surface area (Å²) in [7, 11) is 8.18. The molecule has 0 aromatic heterocycles. The monoisotopic (exact) mass is 293 g/mol. The number of halogens is 1. The first-order valence-corrected chi connectivity index (χ1v) is 7.75. The molecule has 1 aliphatic carbocycles. The van der Waals surface area contributed by atoms with Gasteiger partial charge in [-0.3, -0.25) is 0 Å². The molecule has 21 heavy (non-hydrogen) atoms. The fraction of sp³-hybridized carbons (Fsp3) is 0.647. The van der Waals surface area contributed by atoms with Crippen LogP contribution >= 0.6 is 0 Å². The van der Waals surface area contributed by atoms with Gasteiger partial charge in [0.15, 0.2) is 0 Å². The Kier molecular flexibility index (Phi) is 4.89. The lowest BCUT2D eigenvalue weighted by molar-refractivity contribution is 0.0681. The van der Waals surface area contributed by atoms with Crippen molar-refractivity contribution in [3.05, 3.63) is 29.6 Å². The van der Waals surface area contributed by atoms with E-state index in [1.807, 2.05) is 20.2 Å². The molecule has 118 valence electrons. The van der Waals surface area contributed by atoms with E-state index >= 15 is 0 Å². The van der Waals surface area contributed by atoms with Crippen LogP contribution in [0.1, 0.15) is 37.8 Å². The van der Waals surface area contributed by atoms with E-state index < -0.39 is 0 Å². The Bertz CT molecular complexity index is 483. The van der Waals surface area contributed by atoms with E-state index in [4.69, 9.17) is 0 Å². The Hall–Kier alpha value is -1.13. The summed E-state index contributed by atoms with van der Waals surface area (Å²) in [5, 5.41) is 3.21. The normalized spacial score (nSPS) is 18.4. The van der Waals surface area contributed by atoms with Crippen molar-refractivity contribution >= 4 is 5.69 Å². The van der Waals surface area contributed by atoms with E-state index in [0.717, 1.165) is 17.8 Å². The standard InChI is InChI=1S/C17H28FN3/c1-13(19-2)14-8-6-9-15(18)16(14)21(5)12-17(20(3)4)10-7-11-17/h6,8-9,13,19H,7,10-12H2,1-5H3. The van der Waals surface area contributed by atoms with E-state index in [1.54, 1.807) is 12.1 Å². The van der Waals surface area contributed by atoms with Gasteiger partial charge in [0, 0.05) is 25.2 Å². The highest BCUT2D eigenvalue weighted by Gasteiger charge is 2.40. The lowest BCUT2D eigenvalue weighted by Crippen LogP contribution is -2.57. The highest BCUT2D eigenvalue weighted by Crippen LogP contribution is 2.38. The molecule has 3 nitrogen and oxygen atoms in total. The molecule has 0 heterocycles. The van der Waals surface area contributed by atoms with Crippen LogP contribution in [0.2, 0.25) is 0 Å². The number of benzene rings is 1. The lowest BCUT2D eigenvalue weighted by atomic mass is 9.75. The van der Waals surface area contributed by atoms with E-state index in [2.05, 4.69) is 36.1 Å². The van der Waals surface area contributed by atoms with Crippen LogP contribution in [0.15, 0.2) is 18.2 Å². The summed E-state index contributed by atoms with van der Waals surface area (Å²) >= 11 is 0. The van der Waals surface area contributed by atoms with Crippen LogP contribution in [-0.2, 0) is 0 Å². The molecule has 1 atom stereocenters. The second-order valence-corrected chi connectivity index (χ2v) is 6.52. The lowest BCUT2D eigenvalue weighted by Gasteiger charge is -2.49. The largest absolute Gasteiger partial charge is 0.370 e. The van der Waals surface area contributed by atoms with Crippen molar-refractivity contribution in [2.45, 2.75) is 37.8 Å². The van der Waals surface area contributed by atoms with Gasteiger partial charge in [0.2, 0.25) is 0 Å². The summed E-state index contributed by atoms with van der Waals surface area (Å²) in [6.45, 7) is 2.93. The van der Waals surface area contributed by atoms with Gasteiger partial charge in [0.1, 0.15) is 5.82 Å². The van der Waals surface area contributed by atoms with Gasteiger partial charge in [-0.05, 0) is 59.0 Å². The Balaban J connectivity index is 2.28. The third kappa shape index (κ3) is 3.06. The molecule has 1 N–H and O–H groups in total. The Morgan fingerprint density at radius 3 is 2.43 bits per heavy atom. The van der Waals surface area contributed by atoms with Crippen LogP contribution in [0, 0.1) is 5.82 Å². The van der Waals surface area contributed by atoms with Crippen molar-refractivity contribution in [1.29, 1.82) is 0 Å². The number of rotatable bonds is 6. The van der Waals surface area contributed by atoms with Gasteiger partial charge in [-0.1, -0.05) is 12.1 Å². The first kappa shape index (κ1) is 16.2. The van der Waals surface area contributed by atoms with Gasteiger partial charge >= 0.3 is 0 Å². The SMILES string of the molecule is CNC(C)c1cccc(F)c1N(C)CC1(N(C)C)CCC1. The molecule has 0 amide bonds. The minimum Gasteiger partial charge on any atom is -0.370 e. The Morgan fingerprint density at radius 1 is 1.29 bits per heavy atom. The third-order valence-electron chi connectivity index (χ3n) is 5.06. The molecule has 4 heteroatoms. The smallest absolute Gasteiger partial charge is 0.146 e. The molecule has 1 aliphatic rings. The molecule has 0 aliphatic heterocycles. The molecule has 1 fully saturated rings. The Labute approximate surface area is 128 Å². The van der Waals surface area contributed by atoms with Gasteiger partial charge in [-0.15, -0.1) is 0 Å². The maximum absolute atomic E-state index is 14.4. The van der Waals surface area contributed by atoms with Crippen LogP contribution in [0.25, 0.3) is 0 Å². The number of hydrogen-bond donors (Lipinski definition) is 1. The molecule has 0 bridgehead atoms. The van der Waals surface area contributed by atoms with Crippen LogP contribution in [-0.4, -0.2) is 45.2 Å². The van der Waals surface area contributed by atoms with Crippen molar-refractivity contribution in [2.75, 3.05) is 39.6 Å².